The molecule has 0 amide bonds. The van der Waals surface area contributed by atoms with Gasteiger partial charge in [-0.1, -0.05) is 31.2 Å². The average molecular weight is 416 g/mol. The van der Waals surface area contributed by atoms with Crippen molar-refractivity contribution in [2.45, 2.75) is 38.6 Å². The molecule has 0 aliphatic heterocycles. The van der Waals surface area contributed by atoms with Crippen molar-refractivity contribution >= 4 is 10.0 Å². The highest BCUT2D eigenvalue weighted by Crippen LogP contribution is 2.25. The van der Waals surface area contributed by atoms with Crippen LogP contribution < -0.4 is 9.47 Å². The van der Waals surface area contributed by atoms with Crippen molar-refractivity contribution in [2.24, 2.45) is 5.92 Å². The number of nitrogens with zero attached hydrogens (tertiary/aromatic N) is 1. The van der Waals surface area contributed by atoms with Crippen LogP contribution in [0, 0.1) is 18.3 Å². The van der Waals surface area contributed by atoms with Gasteiger partial charge in [0, 0.05) is 19.5 Å². The third kappa shape index (κ3) is 5.99. The van der Waals surface area contributed by atoms with E-state index in [0.717, 1.165) is 22.6 Å². The Labute approximate surface area is 174 Å². The zero-order chi connectivity index (χ0) is 21.4. The van der Waals surface area contributed by atoms with Gasteiger partial charge in [0.25, 0.3) is 0 Å². The zero-order valence-corrected chi connectivity index (χ0v) is 18.3. The van der Waals surface area contributed by atoms with Gasteiger partial charge in [0.1, 0.15) is 11.5 Å². The highest BCUT2D eigenvalue weighted by Gasteiger charge is 2.32. The van der Waals surface area contributed by atoms with Gasteiger partial charge in [-0.05, 0) is 48.2 Å². The summed E-state index contributed by atoms with van der Waals surface area (Å²) in [7, 11) is -0.373. The van der Waals surface area contributed by atoms with E-state index < -0.39 is 15.3 Å². The second kappa shape index (κ2) is 10.3. The zero-order valence-electron chi connectivity index (χ0n) is 17.5. The van der Waals surface area contributed by atoms with E-state index in [-0.39, 0.29) is 19.0 Å². The first-order valence-corrected chi connectivity index (χ1v) is 11.0. The van der Waals surface area contributed by atoms with Crippen LogP contribution in [-0.4, -0.2) is 32.2 Å². The minimum atomic E-state index is -3.57. The molecule has 0 N–H and O–H groups in total. The van der Waals surface area contributed by atoms with Crippen LogP contribution in [0.5, 0.6) is 11.5 Å². The Morgan fingerprint density at radius 3 is 1.66 bits per heavy atom. The molecule has 0 saturated heterocycles. The predicted octanol–water partition coefficient (Wildman–Crippen LogP) is 4.08. The molecule has 2 atom stereocenters. The summed E-state index contributed by atoms with van der Waals surface area (Å²) in [4.78, 5) is 0. The number of hydrogen-bond donors (Lipinski definition) is 0. The van der Waals surface area contributed by atoms with Gasteiger partial charge in [-0.15, -0.1) is 12.3 Å². The van der Waals surface area contributed by atoms with Gasteiger partial charge in [-0.2, -0.15) is 4.31 Å². The number of benzene rings is 2. The highest BCUT2D eigenvalue weighted by molar-refractivity contribution is 7.89. The summed E-state index contributed by atoms with van der Waals surface area (Å²) in [6, 6.07) is 14.8. The van der Waals surface area contributed by atoms with Crippen LogP contribution in [0.2, 0.25) is 0 Å². The van der Waals surface area contributed by atoms with Gasteiger partial charge in [0.15, 0.2) is 0 Å². The maximum Gasteiger partial charge on any atom is 0.217 e. The summed E-state index contributed by atoms with van der Waals surface area (Å²) in [6.07, 6.45) is 5.82. The molecule has 156 valence electrons. The first kappa shape index (κ1) is 22.8. The summed E-state index contributed by atoms with van der Waals surface area (Å²) in [5, 5.41) is -0.588. The topological polar surface area (TPSA) is 55.8 Å². The van der Waals surface area contributed by atoms with E-state index in [1.54, 1.807) is 21.1 Å². The number of terminal acetylenes is 1. The summed E-state index contributed by atoms with van der Waals surface area (Å²) in [5.74, 6) is 3.90. The third-order valence-electron chi connectivity index (χ3n) is 5.11. The standard InChI is InChI=1S/C23H29NO4S/c1-6-7-18(2)19(3)29(25,26)24(16-20-8-12-22(27-4)13-9-20)17-21-10-14-23(28-5)15-11-21/h1,8-15,18-19H,7,16-17H2,2-5H3. The molecule has 2 aromatic rings. The van der Waals surface area contributed by atoms with E-state index in [0.29, 0.717) is 6.42 Å². The molecule has 0 heterocycles. The van der Waals surface area contributed by atoms with Gasteiger partial charge in [-0.3, -0.25) is 0 Å². The van der Waals surface area contributed by atoms with Crippen molar-refractivity contribution in [2.75, 3.05) is 14.2 Å². The molecular formula is C23H29NO4S. The smallest absolute Gasteiger partial charge is 0.217 e. The van der Waals surface area contributed by atoms with Crippen LogP contribution in [0.4, 0.5) is 0 Å². The number of sulfonamides is 1. The molecule has 0 saturated carbocycles. The molecule has 0 radical (unpaired) electrons. The van der Waals surface area contributed by atoms with Crippen LogP contribution in [0.1, 0.15) is 31.4 Å². The van der Waals surface area contributed by atoms with Crippen molar-refractivity contribution in [3.05, 3.63) is 59.7 Å². The Hall–Kier alpha value is -2.49. The fourth-order valence-electron chi connectivity index (χ4n) is 2.99. The Morgan fingerprint density at radius 1 is 0.897 bits per heavy atom. The maximum atomic E-state index is 13.4. The molecule has 5 nitrogen and oxygen atoms in total. The van der Waals surface area contributed by atoms with Gasteiger partial charge >= 0.3 is 0 Å². The monoisotopic (exact) mass is 415 g/mol. The van der Waals surface area contributed by atoms with E-state index >= 15 is 0 Å². The molecular weight excluding hydrogens is 386 g/mol. The molecule has 0 spiro atoms. The van der Waals surface area contributed by atoms with Crippen LogP contribution >= 0.6 is 0 Å². The molecule has 0 aromatic heterocycles. The van der Waals surface area contributed by atoms with Crippen LogP contribution in [-0.2, 0) is 23.1 Å². The second-order valence-corrected chi connectivity index (χ2v) is 9.39. The Morgan fingerprint density at radius 2 is 1.31 bits per heavy atom. The van der Waals surface area contributed by atoms with Crippen LogP contribution in [0.3, 0.4) is 0 Å². The predicted molar refractivity (Wildman–Crippen MR) is 116 cm³/mol. The first-order chi connectivity index (χ1) is 13.8. The molecule has 0 bridgehead atoms. The van der Waals surface area contributed by atoms with Crippen molar-refractivity contribution < 1.29 is 17.9 Å². The van der Waals surface area contributed by atoms with Crippen molar-refractivity contribution in [1.82, 2.24) is 4.31 Å². The minimum absolute atomic E-state index is 0.140. The average Bonchev–Trinajstić information content (AvgIpc) is 2.73. The van der Waals surface area contributed by atoms with Crippen molar-refractivity contribution in [3.63, 3.8) is 0 Å². The summed E-state index contributed by atoms with van der Waals surface area (Å²) < 4.78 is 38.7. The van der Waals surface area contributed by atoms with Gasteiger partial charge < -0.3 is 9.47 Å². The van der Waals surface area contributed by atoms with Crippen LogP contribution in [0.15, 0.2) is 48.5 Å². The quantitative estimate of drug-likeness (QED) is 0.549. The summed E-state index contributed by atoms with van der Waals surface area (Å²) >= 11 is 0. The van der Waals surface area contributed by atoms with Crippen LogP contribution in [0.25, 0.3) is 0 Å². The lowest BCUT2D eigenvalue weighted by Crippen LogP contribution is -2.39. The minimum Gasteiger partial charge on any atom is -0.497 e. The molecule has 2 rings (SSSR count). The van der Waals surface area contributed by atoms with E-state index in [9.17, 15) is 8.42 Å². The normalized spacial score (nSPS) is 13.5. The molecule has 0 fully saturated rings. The largest absolute Gasteiger partial charge is 0.497 e. The number of rotatable bonds is 10. The second-order valence-electron chi connectivity index (χ2n) is 7.10. The Kier molecular flexibility index (Phi) is 8.12. The Balaban J connectivity index is 2.33. The fraction of sp³-hybridized carbons (Fsp3) is 0.391. The lowest BCUT2D eigenvalue weighted by atomic mass is 10.1. The van der Waals surface area contributed by atoms with E-state index in [2.05, 4.69) is 5.92 Å². The van der Waals surface area contributed by atoms with E-state index in [4.69, 9.17) is 15.9 Å². The third-order valence-corrected chi connectivity index (χ3v) is 7.49. The van der Waals surface area contributed by atoms with Gasteiger partial charge in [0.05, 0.1) is 19.5 Å². The van der Waals surface area contributed by atoms with Crippen molar-refractivity contribution in [3.8, 4) is 23.8 Å². The molecule has 6 heteroatoms. The van der Waals surface area contributed by atoms with E-state index in [1.165, 1.54) is 4.31 Å². The summed E-state index contributed by atoms with van der Waals surface area (Å²) in [6.45, 7) is 4.14. The number of ether oxygens (including phenoxy) is 2. The lowest BCUT2D eigenvalue weighted by molar-refractivity contribution is 0.382. The van der Waals surface area contributed by atoms with Gasteiger partial charge in [0.2, 0.25) is 10.0 Å². The van der Waals surface area contributed by atoms with Gasteiger partial charge in [-0.25, -0.2) is 8.42 Å². The highest BCUT2D eigenvalue weighted by atomic mass is 32.2. The number of methoxy groups -OCH3 is 2. The molecule has 29 heavy (non-hydrogen) atoms. The lowest BCUT2D eigenvalue weighted by Gasteiger charge is -2.28. The van der Waals surface area contributed by atoms with E-state index in [1.807, 2.05) is 55.5 Å². The molecule has 0 aliphatic carbocycles. The maximum absolute atomic E-state index is 13.4. The Bertz CT molecular complexity index is 865. The fourth-order valence-corrected chi connectivity index (χ4v) is 4.80. The van der Waals surface area contributed by atoms with Crippen molar-refractivity contribution in [1.29, 1.82) is 0 Å². The number of hydrogen-bond acceptors (Lipinski definition) is 4. The first-order valence-electron chi connectivity index (χ1n) is 9.50. The SMILES string of the molecule is C#CCC(C)C(C)S(=O)(=O)N(Cc1ccc(OC)cc1)Cc1ccc(OC)cc1. The molecule has 2 aromatic carbocycles. The molecule has 0 aliphatic rings. The summed E-state index contributed by atoms with van der Waals surface area (Å²) in [5.41, 5.74) is 1.78. The molecule has 2 unspecified atom stereocenters.